The van der Waals surface area contributed by atoms with E-state index in [2.05, 4.69) is 11.4 Å². The lowest BCUT2D eigenvalue weighted by atomic mass is 9.96. The third kappa shape index (κ3) is 5.53. The van der Waals surface area contributed by atoms with E-state index < -0.39 is 17.8 Å². The molecule has 8 nitrogen and oxygen atoms in total. The first-order valence-electron chi connectivity index (χ1n) is 11.0. The number of hydrogen-bond donors (Lipinski definition) is 1. The Balaban J connectivity index is 1.73. The van der Waals surface area contributed by atoms with Crippen LogP contribution in [0.5, 0.6) is 0 Å². The van der Waals surface area contributed by atoms with E-state index in [0.717, 1.165) is 19.3 Å². The van der Waals surface area contributed by atoms with Crippen LogP contribution in [0.3, 0.4) is 0 Å². The van der Waals surface area contributed by atoms with E-state index in [9.17, 15) is 14.4 Å². The van der Waals surface area contributed by atoms with Crippen LogP contribution in [0.2, 0.25) is 0 Å². The number of nitrogens with zero attached hydrogens (tertiary/aromatic N) is 2. The van der Waals surface area contributed by atoms with Gasteiger partial charge in [-0.05, 0) is 52.9 Å². The summed E-state index contributed by atoms with van der Waals surface area (Å²) in [7, 11) is 1.55. The molecule has 3 aliphatic rings. The molecule has 3 atom stereocenters. The van der Waals surface area contributed by atoms with Gasteiger partial charge >= 0.3 is 6.09 Å². The van der Waals surface area contributed by atoms with Crippen molar-refractivity contribution in [1.29, 1.82) is 0 Å². The zero-order valence-corrected chi connectivity index (χ0v) is 18.6. The first kappa shape index (κ1) is 22.6. The van der Waals surface area contributed by atoms with Gasteiger partial charge in [-0.3, -0.25) is 9.59 Å². The minimum absolute atomic E-state index is 0.00973. The molecule has 2 heterocycles. The van der Waals surface area contributed by atoms with Crippen molar-refractivity contribution < 1.29 is 23.9 Å². The van der Waals surface area contributed by atoms with Crippen LogP contribution in [0.4, 0.5) is 4.79 Å². The molecule has 168 valence electrons. The molecule has 8 heteroatoms. The van der Waals surface area contributed by atoms with E-state index in [4.69, 9.17) is 9.47 Å². The van der Waals surface area contributed by atoms with Crippen molar-refractivity contribution in [2.24, 2.45) is 0 Å². The van der Waals surface area contributed by atoms with Crippen molar-refractivity contribution in [3.05, 3.63) is 11.6 Å². The van der Waals surface area contributed by atoms with Crippen molar-refractivity contribution in [1.82, 2.24) is 15.1 Å². The van der Waals surface area contributed by atoms with E-state index in [1.54, 1.807) is 11.9 Å². The average molecular weight is 422 g/mol. The van der Waals surface area contributed by atoms with Gasteiger partial charge in [-0.25, -0.2) is 4.79 Å². The molecule has 2 aliphatic heterocycles. The van der Waals surface area contributed by atoms with Crippen LogP contribution in [-0.2, 0) is 19.1 Å². The van der Waals surface area contributed by atoms with Gasteiger partial charge in [0.15, 0.2) is 0 Å². The van der Waals surface area contributed by atoms with Gasteiger partial charge in [-0.1, -0.05) is 11.6 Å². The number of carbonyl (C=O) groups excluding carboxylic acids is 3. The number of nitrogens with one attached hydrogen (secondary N) is 1. The maximum absolute atomic E-state index is 13.2. The van der Waals surface area contributed by atoms with Crippen LogP contribution in [0.25, 0.3) is 0 Å². The van der Waals surface area contributed by atoms with Gasteiger partial charge in [0.1, 0.15) is 11.7 Å². The fourth-order valence-electron chi connectivity index (χ4n) is 4.36. The Bertz CT molecular complexity index is 699. The molecular weight excluding hydrogens is 386 g/mol. The highest BCUT2D eigenvalue weighted by molar-refractivity contribution is 5.88. The summed E-state index contributed by atoms with van der Waals surface area (Å²) in [6.45, 7) is 6.82. The summed E-state index contributed by atoms with van der Waals surface area (Å²) in [4.78, 5) is 41.1. The van der Waals surface area contributed by atoms with E-state index in [-0.39, 0.29) is 30.4 Å². The molecule has 0 spiro atoms. The molecule has 1 aliphatic carbocycles. The van der Waals surface area contributed by atoms with Crippen molar-refractivity contribution in [2.45, 2.75) is 83.1 Å². The van der Waals surface area contributed by atoms with Gasteiger partial charge < -0.3 is 24.6 Å². The maximum Gasteiger partial charge on any atom is 0.410 e. The van der Waals surface area contributed by atoms with Crippen LogP contribution >= 0.6 is 0 Å². The SMILES string of the molecule is CNC(=O)CC1OC2CN(C(=O)OC(C)(C)C)CC2N(CCC2=CCCCC2)C1=O. The predicted molar refractivity (Wildman–Crippen MR) is 112 cm³/mol. The number of ether oxygens (including phenoxy) is 2. The fraction of sp³-hybridized carbons (Fsp3) is 0.773. The number of allylic oxidation sites excluding steroid dienone is 1. The quantitative estimate of drug-likeness (QED) is 0.688. The van der Waals surface area contributed by atoms with Crippen molar-refractivity contribution in [2.75, 3.05) is 26.7 Å². The Morgan fingerprint density at radius 2 is 2.03 bits per heavy atom. The van der Waals surface area contributed by atoms with E-state index in [0.29, 0.717) is 19.6 Å². The van der Waals surface area contributed by atoms with E-state index in [1.165, 1.54) is 18.4 Å². The summed E-state index contributed by atoms with van der Waals surface area (Å²) in [5, 5.41) is 2.56. The number of morpholine rings is 1. The molecule has 2 saturated heterocycles. The molecule has 0 radical (unpaired) electrons. The monoisotopic (exact) mass is 421 g/mol. The molecular formula is C22H35N3O5. The Morgan fingerprint density at radius 1 is 1.27 bits per heavy atom. The zero-order chi connectivity index (χ0) is 21.9. The van der Waals surface area contributed by atoms with Gasteiger partial charge in [-0.15, -0.1) is 0 Å². The molecule has 0 saturated carbocycles. The van der Waals surface area contributed by atoms with E-state index in [1.807, 2.05) is 25.7 Å². The Hall–Kier alpha value is -2.09. The number of rotatable bonds is 5. The molecule has 0 aromatic carbocycles. The van der Waals surface area contributed by atoms with Crippen LogP contribution in [0.1, 0.15) is 59.3 Å². The molecule has 0 aromatic rings. The first-order chi connectivity index (χ1) is 14.2. The zero-order valence-electron chi connectivity index (χ0n) is 18.6. The third-order valence-corrected chi connectivity index (χ3v) is 5.90. The second-order valence-corrected chi connectivity index (χ2v) is 9.38. The molecule has 0 bridgehead atoms. The summed E-state index contributed by atoms with van der Waals surface area (Å²) in [6.07, 6.45) is 6.18. The van der Waals surface area contributed by atoms with E-state index >= 15 is 0 Å². The Kier molecular flexibility index (Phi) is 7.06. The van der Waals surface area contributed by atoms with Gasteiger partial charge in [0.2, 0.25) is 5.91 Å². The topological polar surface area (TPSA) is 88.2 Å². The first-order valence-corrected chi connectivity index (χ1v) is 11.0. The summed E-state index contributed by atoms with van der Waals surface area (Å²) >= 11 is 0. The van der Waals surface area contributed by atoms with Gasteiger partial charge in [0.05, 0.1) is 25.1 Å². The second kappa shape index (κ2) is 9.37. The highest BCUT2D eigenvalue weighted by Gasteiger charge is 2.49. The molecule has 0 aromatic heterocycles. The smallest absolute Gasteiger partial charge is 0.410 e. The summed E-state index contributed by atoms with van der Waals surface area (Å²) < 4.78 is 11.5. The van der Waals surface area contributed by atoms with Crippen molar-refractivity contribution in [3.8, 4) is 0 Å². The average Bonchev–Trinajstić information content (AvgIpc) is 3.11. The summed E-state index contributed by atoms with van der Waals surface area (Å²) in [6, 6.07) is -0.213. The molecule has 1 N–H and O–H groups in total. The lowest BCUT2D eigenvalue weighted by Gasteiger charge is -2.40. The second-order valence-electron chi connectivity index (χ2n) is 9.38. The van der Waals surface area contributed by atoms with Gasteiger partial charge in [0, 0.05) is 20.1 Å². The van der Waals surface area contributed by atoms with Crippen LogP contribution in [0, 0.1) is 0 Å². The van der Waals surface area contributed by atoms with Gasteiger partial charge in [-0.2, -0.15) is 0 Å². The highest BCUT2D eigenvalue weighted by Crippen LogP contribution is 2.30. The lowest BCUT2D eigenvalue weighted by Crippen LogP contribution is -2.58. The van der Waals surface area contributed by atoms with Gasteiger partial charge in [0.25, 0.3) is 5.91 Å². The largest absolute Gasteiger partial charge is 0.444 e. The number of amides is 3. The third-order valence-electron chi connectivity index (χ3n) is 5.90. The van der Waals surface area contributed by atoms with Crippen molar-refractivity contribution in [3.63, 3.8) is 0 Å². The number of carbonyl (C=O) groups is 3. The Morgan fingerprint density at radius 3 is 2.67 bits per heavy atom. The summed E-state index contributed by atoms with van der Waals surface area (Å²) in [5.41, 5.74) is 0.804. The lowest BCUT2D eigenvalue weighted by molar-refractivity contribution is -0.169. The minimum atomic E-state index is -0.815. The fourth-order valence-corrected chi connectivity index (χ4v) is 4.36. The Labute approximate surface area is 178 Å². The molecule has 3 unspecified atom stereocenters. The van der Waals surface area contributed by atoms with Crippen LogP contribution < -0.4 is 5.32 Å². The summed E-state index contributed by atoms with van der Waals surface area (Å²) in [5.74, 6) is -0.397. The van der Waals surface area contributed by atoms with Crippen LogP contribution in [-0.4, -0.2) is 78.2 Å². The predicted octanol–water partition coefficient (Wildman–Crippen LogP) is 2.23. The number of fused-ring (bicyclic) bond motifs is 1. The maximum atomic E-state index is 13.2. The normalized spacial score (nSPS) is 26.9. The molecule has 30 heavy (non-hydrogen) atoms. The van der Waals surface area contributed by atoms with Crippen LogP contribution in [0.15, 0.2) is 11.6 Å². The molecule has 2 fully saturated rings. The molecule has 3 rings (SSSR count). The van der Waals surface area contributed by atoms with Crippen molar-refractivity contribution >= 4 is 17.9 Å². The number of likely N-dealkylation sites (tertiary alicyclic amines) is 1. The number of hydrogen-bond acceptors (Lipinski definition) is 5. The standard InChI is InChI=1S/C22H35N3O5/c1-22(2,3)30-21(28)24-13-16-18(14-24)29-17(12-19(26)23-4)20(27)25(16)11-10-15-8-6-5-7-9-15/h8,16-18H,5-7,9-14H2,1-4H3,(H,23,26). The minimum Gasteiger partial charge on any atom is -0.444 e. The highest BCUT2D eigenvalue weighted by atomic mass is 16.6. The molecule has 3 amide bonds.